The molecule has 1 atom stereocenters. The summed E-state index contributed by atoms with van der Waals surface area (Å²) in [6.45, 7) is 1.83. The third kappa shape index (κ3) is 2.10. The van der Waals surface area contributed by atoms with Gasteiger partial charge in [-0.3, -0.25) is 4.79 Å². The van der Waals surface area contributed by atoms with Gasteiger partial charge in [0, 0.05) is 23.5 Å². The largest absolute Gasteiger partial charge is 0.353 e. The van der Waals surface area contributed by atoms with Crippen LogP contribution >= 0.6 is 11.3 Å². The Balaban J connectivity index is 1.73. The minimum absolute atomic E-state index is 0.107. The van der Waals surface area contributed by atoms with Crippen LogP contribution < -0.4 is 10.6 Å². The van der Waals surface area contributed by atoms with Gasteiger partial charge in [-0.05, 0) is 25.1 Å². The van der Waals surface area contributed by atoms with E-state index >= 15 is 0 Å². The van der Waals surface area contributed by atoms with E-state index in [1.54, 1.807) is 29.5 Å². The Morgan fingerprint density at radius 1 is 1.32 bits per heavy atom. The highest BCUT2D eigenvalue weighted by molar-refractivity contribution is 7.16. The SMILES string of the molecule is CN1CCc2c(sc3c2C(=O)NC(c2ccccc2F)N3)C1. The van der Waals surface area contributed by atoms with E-state index in [-0.39, 0.29) is 11.7 Å². The highest BCUT2D eigenvalue weighted by atomic mass is 32.1. The molecule has 0 bridgehead atoms. The summed E-state index contributed by atoms with van der Waals surface area (Å²) in [6, 6.07) is 6.53. The van der Waals surface area contributed by atoms with E-state index in [1.807, 2.05) is 0 Å². The molecule has 114 valence electrons. The number of hydrogen-bond donors (Lipinski definition) is 2. The van der Waals surface area contributed by atoms with Crippen molar-refractivity contribution in [3.05, 3.63) is 51.7 Å². The first-order valence-electron chi connectivity index (χ1n) is 7.28. The van der Waals surface area contributed by atoms with Gasteiger partial charge in [0.25, 0.3) is 5.91 Å². The second kappa shape index (κ2) is 5.07. The molecular weight excluding hydrogens is 301 g/mol. The number of rotatable bonds is 1. The van der Waals surface area contributed by atoms with Crippen LogP contribution in [0.3, 0.4) is 0 Å². The Bertz CT molecular complexity index is 758. The standard InChI is InChI=1S/C16H16FN3OS/c1-20-7-6-10-12(8-20)22-16-13(10)15(21)18-14(19-16)9-4-2-3-5-11(9)17/h2-5,14,19H,6-8H2,1H3,(H,18,21). The molecule has 22 heavy (non-hydrogen) atoms. The Hall–Kier alpha value is -1.92. The molecule has 2 aliphatic rings. The summed E-state index contributed by atoms with van der Waals surface area (Å²) in [4.78, 5) is 16.0. The number of carbonyl (C=O) groups is 1. The number of hydrogen-bond acceptors (Lipinski definition) is 4. The van der Waals surface area contributed by atoms with Crippen molar-refractivity contribution in [2.75, 3.05) is 18.9 Å². The Morgan fingerprint density at radius 3 is 2.95 bits per heavy atom. The lowest BCUT2D eigenvalue weighted by Crippen LogP contribution is -2.39. The van der Waals surface area contributed by atoms with E-state index in [9.17, 15) is 9.18 Å². The molecule has 0 spiro atoms. The fourth-order valence-corrected chi connectivity index (χ4v) is 4.46. The molecule has 4 rings (SSSR count). The fourth-order valence-electron chi connectivity index (χ4n) is 3.11. The lowest BCUT2D eigenvalue weighted by molar-refractivity contribution is 0.0934. The van der Waals surface area contributed by atoms with Gasteiger partial charge in [0.15, 0.2) is 0 Å². The van der Waals surface area contributed by atoms with Crippen molar-refractivity contribution in [2.45, 2.75) is 19.1 Å². The summed E-state index contributed by atoms with van der Waals surface area (Å²) in [5.74, 6) is -0.422. The van der Waals surface area contributed by atoms with Gasteiger partial charge in [0.1, 0.15) is 17.0 Å². The second-order valence-corrected chi connectivity index (χ2v) is 6.87. The number of nitrogens with zero attached hydrogens (tertiary/aromatic N) is 1. The molecule has 0 radical (unpaired) electrons. The summed E-state index contributed by atoms with van der Waals surface area (Å²) in [5.41, 5.74) is 2.36. The first-order valence-corrected chi connectivity index (χ1v) is 8.10. The van der Waals surface area contributed by atoms with Crippen molar-refractivity contribution in [3.8, 4) is 0 Å². The number of fused-ring (bicyclic) bond motifs is 3. The monoisotopic (exact) mass is 317 g/mol. The average molecular weight is 317 g/mol. The van der Waals surface area contributed by atoms with Crippen LogP contribution in [-0.4, -0.2) is 24.4 Å². The number of anilines is 1. The first kappa shape index (κ1) is 13.7. The molecule has 2 aliphatic heterocycles. The Labute approximate surface area is 131 Å². The molecule has 6 heteroatoms. The molecule has 0 saturated carbocycles. The molecule has 0 aliphatic carbocycles. The molecule has 1 amide bonds. The third-order valence-corrected chi connectivity index (χ3v) is 5.39. The quantitative estimate of drug-likeness (QED) is 0.850. The highest BCUT2D eigenvalue weighted by Crippen LogP contribution is 2.40. The van der Waals surface area contributed by atoms with Gasteiger partial charge in [-0.15, -0.1) is 11.3 Å². The van der Waals surface area contributed by atoms with Gasteiger partial charge in [0.2, 0.25) is 0 Å². The number of likely N-dealkylation sites (N-methyl/N-ethyl adjacent to an activating group) is 1. The predicted octanol–water partition coefficient (Wildman–Crippen LogP) is 2.73. The van der Waals surface area contributed by atoms with E-state index in [2.05, 4.69) is 22.6 Å². The van der Waals surface area contributed by atoms with Crippen LogP contribution in [0.4, 0.5) is 9.39 Å². The maximum atomic E-state index is 14.0. The smallest absolute Gasteiger partial charge is 0.256 e. The molecule has 4 nitrogen and oxygen atoms in total. The maximum Gasteiger partial charge on any atom is 0.256 e. The second-order valence-electron chi connectivity index (χ2n) is 5.77. The van der Waals surface area contributed by atoms with Gasteiger partial charge in [0.05, 0.1) is 5.56 Å². The fraction of sp³-hybridized carbons (Fsp3) is 0.312. The Morgan fingerprint density at radius 2 is 2.14 bits per heavy atom. The summed E-state index contributed by atoms with van der Waals surface area (Å²) >= 11 is 1.61. The molecule has 1 unspecified atom stereocenters. The van der Waals surface area contributed by atoms with Gasteiger partial charge in [-0.2, -0.15) is 0 Å². The van der Waals surface area contributed by atoms with Crippen molar-refractivity contribution in [3.63, 3.8) is 0 Å². The minimum Gasteiger partial charge on any atom is -0.353 e. The number of benzene rings is 1. The number of halogens is 1. The lowest BCUT2D eigenvalue weighted by Gasteiger charge is -2.27. The van der Waals surface area contributed by atoms with Crippen LogP contribution in [0.2, 0.25) is 0 Å². The first-order chi connectivity index (χ1) is 10.6. The van der Waals surface area contributed by atoms with Crippen molar-refractivity contribution < 1.29 is 9.18 Å². The molecule has 1 aromatic heterocycles. The summed E-state index contributed by atoms with van der Waals surface area (Å²) in [7, 11) is 2.08. The number of nitrogens with one attached hydrogen (secondary N) is 2. The zero-order valence-electron chi connectivity index (χ0n) is 12.1. The number of amides is 1. The highest BCUT2D eigenvalue weighted by Gasteiger charge is 2.33. The Kier molecular flexibility index (Phi) is 3.16. The van der Waals surface area contributed by atoms with Gasteiger partial charge < -0.3 is 15.5 Å². The van der Waals surface area contributed by atoms with E-state index in [0.29, 0.717) is 5.56 Å². The summed E-state index contributed by atoms with van der Waals surface area (Å²) in [6.07, 6.45) is 0.371. The van der Waals surface area contributed by atoms with Gasteiger partial charge >= 0.3 is 0 Å². The van der Waals surface area contributed by atoms with Crippen LogP contribution in [-0.2, 0) is 13.0 Å². The van der Waals surface area contributed by atoms with Crippen LogP contribution in [0.5, 0.6) is 0 Å². The topological polar surface area (TPSA) is 44.4 Å². The van der Waals surface area contributed by atoms with E-state index in [1.165, 1.54) is 10.9 Å². The minimum atomic E-state index is -0.515. The van der Waals surface area contributed by atoms with Gasteiger partial charge in [-0.1, -0.05) is 18.2 Å². The van der Waals surface area contributed by atoms with E-state index in [0.717, 1.165) is 35.6 Å². The van der Waals surface area contributed by atoms with Crippen molar-refractivity contribution in [1.82, 2.24) is 10.2 Å². The van der Waals surface area contributed by atoms with Crippen LogP contribution in [0, 0.1) is 5.82 Å². The molecule has 3 heterocycles. The van der Waals surface area contributed by atoms with Crippen LogP contribution in [0.25, 0.3) is 0 Å². The van der Waals surface area contributed by atoms with Crippen molar-refractivity contribution in [1.29, 1.82) is 0 Å². The van der Waals surface area contributed by atoms with Crippen molar-refractivity contribution >= 4 is 22.2 Å². The zero-order valence-corrected chi connectivity index (χ0v) is 13.0. The van der Waals surface area contributed by atoms with E-state index in [4.69, 9.17) is 0 Å². The summed E-state index contributed by atoms with van der Waals surface area (Å²) < 4.78 is 14.0. The molecule has 2 N–H and O–H groups in total. The lowest BCUT2D eigenvalue weighted by atomic mass is 10.0. The number of carbonyl (C=O) groups excluding carboxylic acids is 1. The normalized spacial score (nSPS) is 20.8. The molecule has 1 aromatic carbocycles. The average Bonchev–Trinajstić information content (AvgIpc) is 2.85. The number of thiophene rings is 1. The summed E-state index contributed by atoms with van der Waals surface area (Å²) in [5, 5.41) is 7.02. The van der Waals surface area contributed by atoms with E-state index < -0.39 is 6.17 Å². The molecular formula is C16H16FN3OS. The molecule has 0 saturated heterocycles. The van der Waals surface area contributed by atoms with Gasteiger partial charge in [-0.25, -0.2) is 4.39 Å². The maximum absolute atomic E-state index is 14.0. The van der Waals surface area contributed by atoms with Crippen molar-refractivity contribution in [2.24, 2.45) is 0 Å². The third-order valence-electron chi connectivity index (χ3n) is 4.24. The predicted molar refractivity (Wildman–Crippen MR) is 84.6 cm³/mol. The zero-order chi connectivity index (χ0) is 15.3. The van der Waals surface area contributed by atoms with Crippen LogP contribution in [0.15, 0.2) is 24.3 Å². The molecule has 0 fully saturated rings. The van der Waals surface area contributed by atoms with Crippen LogP contribution in [0.1, 0.15) is 32.5 Å². The molecule has 2 aromatic rings.